The van der Waals surface area contributed by atoms with Crippen LogP contribution in [0.3, 0.4) is 0 Å². The predicted molar refractivity (Wildman–Crippen MR) is 136 cm³/mol. The van der Waals surface area contributed by atoms with Gasteiger partial charge in [0.2, 0.25) is 5.78 Å². The van der Waals surface area contributed by atoms with E-state index in [0.717, 1.165) is 4.88 Å². The molecule has 0 aliphatic heterocycles. The number of aliphatic hydroxyl groups excluding tert-OH is 1. The van der Waals surface area contributed by atoms with Crippen molar-refractivity contribution in [3.63, 3.8) is 0 Å². The molecule has 4 rings (SSSR count). The molecule has 10 nitrogen and oxygen atoms in total. The molecule has 192 valence electrons. The highest BCUT2D eigenvalue weighted by molar-refractivity contribution is 7.91. The van der Waals surface area contributed by atoms with Crippen LogP contribution in [0.25, 0.3) is 0 Å². The number of nitrogens with zero attached hydrogens (tertiary/aromatic N) is 2. The van der Waals surface area contributed by atoms with E-state index in [1.165, 1.54) is 23.9 Å². The van der Waals surface area contributed by atoms with Crippen molar-refractivity contribution in [3.05, 3.63) is 63.2 Å². The summed E-state index contributed by atoms with van der Waals surface area (Å²) in [4.78, 5) is 23.7. The minimum Gasteiger partial charge on any atom is -0.606 e. The Labute approximate surface area is 220 Å². The van der Waals surface area contributed by atoms with Crippen LogP contribution in [0.2, 0.25) is 5.02 Å². The maximum atomic E-state index is 13.4. The molecular weight excluding hydrogens is 548 g/mol. The molecule has 1 unspecified atom stereocenters. The first-order chi connectivity index (χ1) is 17.0. The number of carbonyl (C=O) groups is 1. The smallest absolute Gasteiger partial charge is 0.333 e. The number of nitrogens with one attached hydrogen (secondary N) is 1. The molecule has 0 bridgehead atoms. The largest absolute Gasteiger partial charge is 0.606 e. The molecule has 0 amide bonds. The lowest BCUT2D eigenvalue weighted by Crippen LogP contribution is -2.24. The molecule has 3 aromatic rings. The number of ketones is 1. The zero-order chi connectivity index (χ0) is 26.0. The normalized spacial score (nSPS) is 20.9. The first-order valence-electron chi connectivity index (χ1n) is 10.8. The number of aromatic nitrogens is 2. The van der Waals surface area contributed by atoms with Crippen molar-refractivity contribution in [3.8, 4) is 0 Å². The molecule has 4 atom stereocenters. The molecule has 1 aliphatic carbocycles. The van der Waals surface area contributed by atoms with Gasteiger partial charge in [0.15, 0.2) is 9.79 Å². The van der Waals surface area contributed by atoms with Crippen LogP contribution in [-0.2, 0) is 25.7 Å². The van der Waals surface area contributed by atoms with Crippen LogP contribution in [0.5, 0.6) is 0 Å². The summed E-state index contributed by atoms with van der Waals surface area (Å²) >= 11 is 5.74. The Morgan fingerprint density at radius 2 is 2.17 bits per heavy atom. The fraction of sp³-hybridized carbons (Fsp3) is 0.318. The lowest BCUT2D eigenvalue weighted by molar-refractivity contribution is 0.101. The van der Waals surface area contributed by atoms with Crippen molar-refractivity contribution >= 4 is 56.0 Å². The van der Waals surface area contributed by atoms with E-state index in [2.05, 4.69) is 19.5 Å². The topological polar surface area (TPSA) is 168 Å². The van der Waals surface area contributed by atoms with E-state index in [1.54, 1.807) is 37.3 Å². The van der Waals surface area contributed by atoms with Gasteiger partial charge in [-0.05, 0) is 31.9 Å². The number of halogens is 1. The standard InChI is InChI=1S/C22H23ClN4O6S3/c1-12-20(35(30)16-4-2-3-14(23)6-16)8-19(34-12)21(29)17-9-25-11-26-22(17)27-15-5-13(18(28)7-15)10-33-36(24,31)32/h2-4,6,8-9,11,13,15,18,28H,5,7,10H2,1H3,(H2,24,31,32)(H,25,26,27)/t13-,15-,18+,35?/m1/s1. The number of anilines is 1. The summed E-state index contributed by atoms with van der Waals surface area (Å²) in [5.74, 6) is -0.511. The average molecular weight is 571 g/mol. The van der Waals surface area contributed by atoms with Crippen LogP contribution >= 0.6 is 22.9 Å². The van der Waals surface area contributed by atoms with Gasteiger partial charge in [0, 0.05) is 46.5 Å². The molecule has 0 saturated heterocycles. The summed E-state index contributed by atoms with van der Waals surface area (Å²) in [5.41, 5.74) is 0.220. The third kappa shape index (κ3) is 6.42. The van der Waals surface area contributed by atoms with Gasteiger partial charge in [-0.1, -0.05) is 17.7 Å². The maximum absolute atomic E-state index is 13.4. The van der Waals surface area contributed by atoms with Gasteiger partial charge in [-0.2, -0.15) is 8.42 Å². The third-order valence-corrected chi connectivity index (χ3v) is 9.09. The molecule has 1 saturated carbocycles. The highest BCUT2D eigenvalue weighted by Crippen LogP contribution is 2.34. The number of hydrogen-bond donors (Lipinski definition) is 3. The second-order valence-electron chi connectivity index (χ2n) is 8.29. The summed E-state index contributed by atoms with van der Waals surface area (Å²) in [7, 11) is -4.11. The second-order valence-corrected chi connectivity index (χ2v) is 12.7. The maximum Gasteiger partial charge on any atom is 0.333 e. The molecule has 2 heterocycles. The van der Waals surface area contributed by atoms with Crippen molar-refractivity contribution in [2.75, 3.05) is 11.9 Å². The van der Waals surface area contributed by atoms with Crippen molar-refractivity contribution < 1.29 is 27.1 Å². The lowest BCUT2D eigenvalue weighted by Gasteiger charge is -2.15. The highest BCUT2D eigenvalue weighted by Gasteiger charge is 2.35. The number of rotatable bonds is 9. The van der Waals surface area contributed by atoms with E-state index in [9.17, 15) is 22.9 Å². The Kier molecular flexibility index (Phi) is 8.32. The van der Waals surface area contributed by atoms with Gasteiger partial charge in [-0.15, -0.1) is 11.3 Å². The molecular formula is C22H23ClN4O6S3. The second kappa shape index (κ2) is 11.1. The Bertz CT molecular complexity index is 1370. The van der Waals surface area contributed by atoms with Gasteiger partial charge in [0.1, 0.15) is 12.1 Å². The fourth-order valence-electron chi connectivity index (χ4n) is 3.99. The quantitative estimate of drug-likeness (QED) is 0.259. The monoisotopic (exact) mass is 570 g/mol. The van der Waals surface area contributed by atoms with E-state index in [-0.39, 0.29) is 29.8 Å². The van der Waals surface area contributed by atoms with Crippen molar-refractivity contribution in [2.45, 2.75) is 41.7 Å². The summed E-state index contributed by atoms with van der Waals surface area (Å²) in [5, 5.41) is 18.8. The summed E-state index contributed by atoms with van der Waals surface area (Å²) in [6, 6.07) is 8.07. The molecule has 4 N–H and O–H groups in total. The van der Waals surface area contributed by atoms with Crippen molar-refractivity contribution in [1.82, 2.24) is 9.97 Å². The molecule has 1 fully saturated rings. The van der Waals surface area contributed by atoms with Crippen LogP contribution in [0.15, 0.2) is 52.6 Å². The minimum atomic E-state index is -4.11. The number of aliphatic hydroxyl groups is 1. The number of hydrogen-bond acceptors (Lipinski definition) is 10. The Morgan fingerprint density at radius 1 is 1.39 bits per heavy atom. The summed E-state index contributed by atoms with van der Waals surface area (Å²) in [6.07, 6.45) is 2.57. The van der Waals surface area contributed by atoms with Crippen LogP contribution in [-0.4, -0.2) is 52.6 Å². The van der Waals surface area contributed by atoms with E-state index in [1.807, 2.05) is 0 Å². The highest BCUT2D eigenvalue weighted by atomic mass is 35.5. The molecule has 2 aromatic heterocycles. The van der Waals surface area contributed by atoms with Gasteiger partial charge < -0.3 is 15.0 Å². The first kappa shape index (κ1) is 26.9. The van der Waals surface area contributed by atoms with Crippen molar-refractivity contribution in [1.29, 1.82) is 0 Å². The van der Waals surface area contributed by atoms with Crippen molar-refractivity contribution in [2.24, 2.45) is 11.1 Å². The molecule has 0 spiro atoms. The molecule has 1 aliphatic rings. The average Bonchev–Trinajstić information content (AvgIpc) is 3.38. The van der Waals surface area contributed by atoms with E-state index >= 15 is 0 Å². The fourth-order valence-corrected chi connectivity index (χ4v) is 7.08. The number of carbonyl (C=O) groups excluding carboxylic acids is 1. The van der Waals surface area contributed by atoms with Gasteiger partial charge >= 0.3 is 10.3 Å². The van der Waals surface area contributed by atoms with Gasteiger partial charge in [0.25, 0.3) is 0 Å². The third-order valence-electron chi connectivity index (χ3n) is 5.71. The number of benzene rings is 1. The van der Waals surface area contributed by atoms with Gasteiger partial charge in [-0.25, -0.2) is 15.1 Å². The molecule has 36 heavy (non-hydrogen) atoms. The van der Waals surface area contributed by atoms with Crippen LogP contribution < -0.4 is 10.5 Å². The number of nitrogens with two attached hydrogens (primary N) is 1. The number of thiophene rings is 1. The summed E-state index contributed by atoms with van der Waals surface area (Å²) in [6.45, 7) is 1.55. The van der Waals surface area contributed by atoms with Crippen LogP contribution in [0, 0.1) is 12.8 Å². The van der Waals surface area contributed by atoms with E-state index in [4.69, 9.17) is 16.7 Å². The number of aryl methyl sites for hydroxylation is 1. The zero-order valence-electron chi connectivity index (χ0n) is 19.0. The van der Waals surface area contributed by atoms with E-state index in [0.29, 0.717) is 32.5 Å². The van der Waals surface area contributed by atoms with Gasteiger partial charge in [-0.3, -0.25) is 8.98 Å². The molecule has 14 heteroatoms. The SMILES string of the molecule is Cc1sc(C(=O)c2cncnc2N[C@@H]2C[C@H](COS(N)(=O)=O)[C@@H](O)C2)cc1[S+]([O-])c1cccc(Cl)c1. The van der Waals surface area contributed by atoms with Crippen LogP contribution in [0.1, 0.15) is 33.0 Å². The Balaban J connectivity index is 1.51. The Hall–Kier alpha value is -2.10. The summed E-state index contributed by atoms with van der Waals surface area (Å²) < 4.78 is 39.9. The molecule has 0 radical (unpaired) electrons. The Morgan fingerprint density at radius 3 is 2.89 bits per heavy atom. The zero-order valence-corrected chi connectivity index (χ0v) is 22.2. The molecule has 1 aromatic carbocycles. The lowest BCUT2D eigenvalue weighted by atomic mass is 10.1. The predicted octanol–water partition coefficient (Wildman–Crippen LogP) is 2.67. The van der Waals surface area contributed by atoms with E-state index < -0.39 is 33.5 Å². The first-order valence-corrected chi connectivity index (χ1v) is 14.6. The van der Waals surface area contributed by atoms with Crippen LogP contribution in [0.4, 0.5) is 5.82 Å². The minimum absolute atomic E-state index is 0.220. The van der Waals surface area contributed by atoms with Gasteiger partial charge in [0.05, 0.1) is 28.0 Å².